The molecule has 1 aromatic carbocycles. The minimum atomic E-state index is -0.303. The maximum absolute atomic E-state index is 13.4. The molecule has 4 rings (SSSR count). The van der Waals surface area contributed by atoms with E-state index < -0.39 is 0 Å². The molecule has 1 aromatic heterocycles. The zero-order valence-corrected chi connectivity index (χ0v) is 14.9. The van der Waals surface area contributed by atoms with Gasteiger partial charge in [0.1, 0.15) is 5.54 Å². The average Bonchev–Trinajstić information content (AvgIpc) is 3.21. The molecule has 2 aliphatic heterocycles. The Balaban J connectivity index is 1.53. The summed E-state index contributed by atoms with van der Waals surface area (Å²) in [6.45, 7) is 3.41. The molecule has 2 aliphatic rings. The standard InChI is InChI=1S/C20H26N4O/c1-22-14-18(13-21-22)16-24-12-6-10-20(24)9-5-11-23(19(20)25)15-17-7-3-2-4-8-17/h2-4,7-8,13-14H,5-6,9-12,15-16H2,1H3. The Morgan fingerprint density at radius 3 is 2.52 bits per heavy atom. The largest absolute Gasteiger partial charge is 0.337 e. The Morgan fingerprint density at radius 1 is 1.04 bits per heavy atom. The number of hydrogen-bond acceptors (Lipinski definition) is 3. The molecule has 0 N–H and O–H groups in total. The number of rotatable bonds is 4. The van der Waals surface area contributed by atoms with E-state index in [1.54, 1.807) is 0 Å². The van der Waals surface area contributed by atoms with E-state index >= 15 is 0 Å². The summed E-state index contributed by atoms with van der Waals surface area (Å²) in [4.78, 5) is 17.9. The molecule has 3 heterocycles. The Bertz CT molecular complexity index is 741. The van der Waals surface area contributed by atoms with Gasteiger partial charge in [-0.15, -0.1) is 0 Å². The van der Waals surface area contributed by atoms with Crippen LogP contribution in [0.15, 0.2) is 42.7 Å². The maximum Gasteiger partial charge on any atom is 0.243 e. The first-order valence-corrected chi connectivity index (χ1v) is 9.23. The van der Waals surface area contributed by atoms with Crippen molar-refractivity contribution in [1.82, 2.24) is 19.6 Å². The van der Waals surface area contributed by atoms with Gasteiger partial charge in [-0.3, -0.25) is 14.4 Å². The van der Waals surface area contributed by atoms with Gasteiger partial charge in [-0.25, -0.2) is 0 Å². The normalized spacial score (nSPS) is 24.4. The van der Waals surface area contributed by atoms with Crippen LogP contribution in [0, 0.1) is 0 Å². The third-order valence-corrected chi connectivity index (χ3v) is 5.68. The van der Waals surface area contributed by atoms with Crippen molar-refractivity contribution in [2.45, 2.75) is 44.3 Å². The van der Waals surface area contributed by atoms with Crippen LogP contribution >= 0.6 is 0 Å². The molecule has 0 saturated carbocycles. The number of carbonyl (C=O) groups is 1. The van der Waals surface area contributed by atoms with Crippen molar-refractivity contribution < 1.29 is 4.79 Å². The van der Waals surface area contributed by atoms with Gasteiger partial charge >= 0.3 is 0 Å². The number of piperidine rings is 1. The lowest BCUT2D eigenvalue weighted by Crippen LogP contribution is -2.59. The van der Waals surface area contributed by atoms with E-state index in [1.165, 1.54) is 11.1 Å². The van der Waals surface area contributed by atoms with Crippen molar-refractivity contribution in [2.75, 3.05) is 13.1 Å². The van der Waals surface area contributed by atoms with Gasteiger partial charge in [-0.1, -0.05) is 30.3 Å². The number of carbonyl (C=O) groups excluding carboxylic acids is 1. The van der Waals surface area contributed by atoms with Gasteiger partial charge in [0.2, 0.25) is 5.91 Å². The molecule has 1 spiro atoms. The van der Waals surface area contributed by atoms with Gasteiger partial charge in [0.05, 0.1) is 6.20 Å². The summed E-state index contributed by atoms with van der Waals surface area (Å²) in [5.74, 6) is 0.323. The van der Waals surface area contributed by atoms with Crippen LogP contribution in [0.3, 0.4) is 0 Å². The minimum absolute atomic E-state index is 0.303. The van der Waals surface area contributed by atoms with E-state index in [2.05, 4.69) is 33.2 Å². The second-order valence-electron chi connectivity index (χ2n) is 7.39. The zero-order chi connectivity index (χ0) is 17.3. The van der Waals surface area contributed by atoms with E-state index in [1.807, 2.05) is 36.1 Å². The van der Waals surface area contributed by atoms with E-state index in [0.29, 0.717) is 5.91 Å². The van der Waals surface area contributed by atoms with Crippen LogP contribution in [0.5, 0.6) is 0 Å². The zero-order valence-electron chi connectivity index (χ0n) is 14.9. The number of hydrogen-bond donors (Lipinski definition) is 0. The number of aryl methyl sites for hydroxylation is 1. The fourth-order valence-corrected chi connectivity index (χ4v) is 4.48. The lowest BCUT2D eigenvalue weighted by Gasteiger charge is -2.44. The van der Waals surface area contributed by atoms with Crippen molar-refractivity contribution in [2.24, 2.45) is 7.05 Å². The van der Waals surface area contributed by atoms with Gasteiger partial charge in [0.15, 0.2) is 0 Å². The minimum Gasteiger partial charge on any atom is -0.337 e. The molecule has 0 radical (unpaired) electrons. The molecule has 1 unspecified atom stereocenters. The number of nitrogens with zero attached hydrogens (tertiary/aromatic N) is 4. The predicted molar refractivity (Wildman–Crippen MR) is 96.7 cm³/mol. The summed E-state index contributed by atoms with van der Waals surface area (Å²) in [5.41, 5.74) is 2.10. The first kappa shape index (κ1) is 16.3. The van der Waals surface area contributed by atoms with Crippen LogP contribution in [0.4, 0.5) is 0 Å². The van der Waals surface area contributed by atoms with Crippen LogP contribution < -0.4 is 0 Å². The Labute approximate surface area is 149 Å². The van der Waals surface area contributed by atoms with Crippen LogP contribution in [0.1, 0.15) is 36.8 Å². The number of benzene rings is 1. The molecule has 1 amide bonds. The topological polar surface area (TPSA) is 41.4 Å². The molecule has 5 nitrogen and oxygen atoms in total. The van der Waals surface area contributed by atoms with Crippen LogP contribution in [0.2, 0.25) is 0 Å². The highest BCUT2D eigenvalue weighted by molar-refractivity contribution is 5.87. The van der Waals surface area contributed by atoms with E-state index in [0.717, 1.165) is 51.9 Å². The van der Waals surface area contributed by atoms with Gasteiger partial charge in [0, 0.05) is 38.4 Å². The second kappa shape index (κ2) is 6.64. The molecule has 2 saturated heterocycles. The van der Waals surface area contributed by atoms with Gasteiger partial charge < -0.3 is 4.90 Å². The molecular weight excluding hydrogens is 312 g/mol. The van der Waals surface area contributed by atoms with E-state index in [9.17, 15) is 4.79 Å². The first-order valence-electron chi connectivity index (χ1n) is 9.23. The summed E-state index contributed by atoms with van der Waals surface area (Å²) >= 11 is 0. The molecule has 25 heavy (non-hydrogen) atoms. The third-order valence-electron chi connectivity index (χ3n) is 5.68. The van der Waals surface area contributed by atoms with Crippen molar-refractivity contribution in [3.8, 4) is 0 Å². The Morgan fingerprint density at radius 2 is 1.80 bits per heavy atom. The molecule has 0 aliphatic carbocycles. The Hall–Kier alpha value is -2.14. The molecule has 132 valence electrons. The molecule has 2 aromatic rings. The Kier molecular flexibility index (Phi) is 4.34. The van der Waals surface area contributed by atoms with Crippen molar-refractivity contribution >= 4 is 5.91 Å². The second-order valence-corrected chi connectivity index (χ2v) is 7.39. The quantitative estimate of drug-likeness (QED) is 0.860. The SMILES string of the molecule is Cn1cc(CN2CCCC23CCCN(Cc2ccccc2)C3=O)cn1. The lowest BCUT2D eigenvalue weighted by molar-refractivity contribution is -0.148. The highest BCUT2D eigenvalue weighted by Gasteiger charge is 2.50. The maximum atomic E-state index is 13.4. The average molecular weight is 338 g/mol. The summed E-state index contributed by atoms with van der Waals surface area (Å²) in [7, 11) is 1.94. The number of aromatic nitrogens is 2. The molecule has 2 fully saturated rings. The molecule has 0 bridgehead atoms. The fourth-order valence-electron chi connectivity index (χ4n) is 4.48. The smallest absolute Gasteiger partial charge is 0.243 e. The summed E-state index contributed by atoms with van der Waals surface area (Å²) in [5, 5.41) is 4.28. The van der Waals surface area contributed by atoms with Crippen molar-refractivity contribution in [3.05, 3.63) is 53.9 Å². The highest BCUT2D eigenvalue weighted by Crippen LogP contribution is 2.39. The van der Waals surface area contributed by atoms with Gasteiger partial charge in [0.25, 0.3) is 0 Å². The lowest BCUT2D eigenvalue weighted by atomic mass is 9.85. The summed E-state index contributed by atoms with van der Waals surface area (Å²) in [6.07, 6.45) is 8.13. The van der Waals surface area contributed by atoms with E-state index in [-0.39, 0.29) is 5.54 Å². The molecular formula is C20H26N4O. The van der Waals surface area contributed by atoms with Gasteiger partial charge in [-0.05, 0) is 37.8 Å². The predicted octanol–water partition coefficient (Wildman–Crippen LogP) is 2.58. The molecule has 5 heteroatoms. The fraction of sp³-hybridized carbons (Fsp3) is 0.500. The third kappa shape index (κ3) is 3.09. The summed E-state index contributed by atoms with van der Waals surface area (Å²) in [6, 6.07) is 10.3. The molecule has 1 atom stereocenters. The van der Waals surface area contributed by atoms with Gasteiger partial charge in [-0.2, -0.15) is 5.10 Å². The van der Waals surface area contributed by atoms with Crippen molar-refractivity contribution in [1.29, 1.82) is 0 Å². The van der Waals surface area contributed by atoms with Crippen LogP contribution in [0.25, 0.3) is 0 Å². The highest BCUT2D eigenvalue weighted by atomic mass is 16.2. The van der Waals surface area contributed by atoms with Crippen molar-refractivity contribution in [3.63, 3.8) is 0 Å². The van der Waals surface area contributed by atoms with Crippen LogP contribution in [-0.4, -0.2) is 44.1 Å². The first-order chi connectivity index (χ1) is 12.2. The monoisotopic (exact) mass is 338 g/mol. The number of amides is 1. The number of likely N-dealkylation sites (tertiary alicyclic amines) is 2. The summed E-state index contributed by atoms with van der Waals surface area (Å²) < 4.78 is 1.84. The van der Waals surface area contributed by atoms with E-state index in [4.69, 9.17) is 0 Å². The van der Waals surface area contributed by atoms with Crippen LogP contribution in [-0.2, 0) is 24.9 Å².